The van der Waals surface area contributed by atoms with Gasteiger partial charge in [0.05, 0.1) is 5.60 Å². The van der Waals surface area contributed by atoms with Crippen molar-refractivity contribution >= 4 is 6.03 Å². The first-order valence-electron chi connectivity index (χ1n) is 13.7. The maximum Gasteiger partial charge on any atom is 0.315 e. The lowest BCUT2D eigenvalue weighted by molar-refractivity contribution is -0.0937. The number of carbonyl (C=O) groups excluding carboxylic acids is 1. The standard InChI is InChI=1S/C28H45F2N3O3/c1-32-19-21(17-20-9-4-3-5-10-20)26-23(11-8-15-33(26)27(31)34)28(35,14-6-7-16-36-2)22-12-13-24(29)25(30)18-22/h12-13,18,20-21,23,26,32,35H,3-11,14-17,19H2,1-2H3,(H2,31,34)/t21-,23?,26?,28+/m0/s1. The molecule has 1 aromatic rings. The summed E-state index contributed by atoms with van der Waals surface area (Å²) in [6.07, 6.45) is 10.2. The van der Waals surface area contributed by atoms with Gasteiger partial charge in [0.2, 0.25) is 0 Å². The van der Waals surface area contributed by atoms with Crippen LogP contribution in [0.5, 0.6) is 0 Å². The molecule has 2 amide bonds. The quantitative estimate of drug-likeness (QED) is 0.349. The largest absolute Gasteiger partial charge is 0.385 e. The van der Waals surface area contributed by atoms with Crippen molar-refractivity contribution in [1.29, 1.82) is 0 Å². The number of urea groups is 1. The summed E-state index contributed by atoms with van der Waals surface area (Å²) in [5.41, 5.74) is 4.84. The molecule has 2 fully saturated rings. The number of benzene rings is 1. The number of rotatable bonds is 12. The average Bonchev–Trinajstić information content (AvgIpc) is 2.88. The Morgan fingerprint density at radius 1 is 1.19 bits per heavy atom. The van der Waals surface area contributed by atoms with Crippen LogP contribution >= 0.6 is 0 Å². The van der Waals surface area contributed by atoms with Crippen molar-refractivity contribution < 1.29 is 23.4 Å². The fourth-order valence-electron chi connectivity index (χ4n) is 6.79. The van der Waals surface area contributed by atoms with Crippen LogP contribution in [-0.2, 0) is 10.3 Å². The van der Waals surface area contributed by atoms with E-state index in [0.29, 0.717) is 56.9 Å². The van der Waals surface area contributed by atoms with Crippen LogP contribution < -0.4 is 11.1 Å². The van der Waals surface area contributed by atoms with Crippen molar-refractivity contribution in [2.45, 2.75) is 82.3 Å². The molecule has 0 radical (unpaired) electrons. The van der Waals surface area contributed by atoms with Gasteiger partial charge in [0.15, 0.2) is 11.6 Å². The lowest BCUT2D eigenvalue weighted by Gasteiger charge is -2.51. The first-order valence-corrected chi connectivity index (χ1v) is 13.7. The summed E-state index contributed by atoms with van der Waals surface area (Å²) in [5, 5.41) is 15.7. The molecule has 1 heterocycles. The summed E-state index contributed by atoms with van der Waals surface area (Å²) in [5.74, 6) is -1.60. The summed E-state index contributed by atoms with van der Waals surface area (Å²) in [7, 11) is 3.55. The molecule has 1 saturated carbocycles. The number of ether oxygens (including phenoxy) is 1. The predicted octanol–water partition coefficient (Wildman–Crippen LogP) is 4.93. The van der Waals surface area contributed by atoms with Gasteiger partial charge >= 0.3 is 6.03 Å². The number of hydrogen-bond acceptors (Lipinski definition) is 4. The van der Waals surface area contributed by atoms with Crippen LogP contribution in [0.3, 0.4) is 0 Å². The van der Waals surface area contributed by atoms with E-state index >= 15 is 0 Å². The molecule has 1 aromatic carbocycles. The summed E-state index contributed by atoms with van der Waals surface area (Å²) >= 11 is 0. The lowest BCUT2D eigenvalue weighted by atomic mass is 9.65. The number of piperidine rings is 1. The molecule has 0 aromatic heterocycles. The molecule has 0 bridgehead atoms. The van der Waals surface area contributed by atoms with E-state index in [4.69, 9.17) is 10.5 Å². The van der Waals surface area contributed by atoms with Crippen LogP contribution in [0.2, 0.25) is 0 Å². The zero-order valence-electron chi connectivity index (χ0n) is 22.0. The van der Waals surface area contributed by atoms with E-state index in [1.807, 2.05) is 7.05 Å². The number of nitrogens with two attached hydrogens (primary N) is 1. The molecule has 4 atom stereocenters. The first kappa shape index (κ1) is 28.8. The maximum atomic E-state index is 14.4. The van der Waals surface area contributed by atoms with Gasteiger partial charge in [0.25, 0.3) is 0 Å². The highest BCUT2D eigenvalue weighted by atomic mass is 19.2. The minimum atomic E-state index is -1.43. The van der Waals surface area contributed by atoms with Crippen molar-refractivity contribution in [2.24, 2.45) is 23.5 Å². The molecule has 3 rings (SSSR count). The fourth-order valence-corrected chi connectivity index (χ4v) is 6.79. The molecule has 1 aliphatic heterocycles. The Morgan fingerprint density at radius 2 is 1.94 bits per heavy atom. The maximum absolute atomic E-state index is 14.4. The highest BCUT2D eigenvalue weighted by molar-refractivity contribution is 5.72. The smallest absolute Gasteiger partial charge is 0.315 e. The van der Waals surface area contributed by atoms with Crippen LogP contribution in [-0.4, -0.2) is 55.9 Å². The van der Waals surface area contributed by atoms with E-state index in [-0.39, 0.29) is 17.9 Å². The zero-order chi connectivity index (χ0) is 26.1. The second-order valence-corrected chi connectivity index (χ2v) is 10.8. The molecule has 204 valence electrons. The summed E-state index contributed by atoms with van der Waals surface area (Å²) in [6.45, 7) is 1.79. The normalized spacial score (nSPS) is 23.9. The monoisotopic (exact) mass is 509 g/mol. The van der Waals surface area contributed by atoms with Crippen LogP contribution in [0.4, 0.5) is 13.6 Å². The molecule has 1 aliphatic carbocycles. The predicted molar refractivity (Wildman–Crippen MR) is 137 cm³/mol. The van der Waals surface area contributed by atoms with Crippen molar-refractivity contribution in [3.63, 3.8) is 0 Å². The first-order chi connectivity index (χ1) is 17.3. The van der Waals surface area contributed by atoms with E-state index < -0.39 is 23.3 Å². The van der Waals surface area contributed by atoms with Crippen molar-refractivity contribution in [3.05, 3.63) is 35.4 Å². The molecule has 6 nitrogen and oxygen atoms in total. The lowest BCUT2D eigenvalue weighted by Crippen LogP contribution is -2.60. The Labute approximate surface area is 214 Å². The summed E-state index contributed by atoms with van der Waals surface area (Å²) in [4.78, 5) is 14.4. The molecule has 4 N–H and O–H groups in total. The number of amides is 2. The number of hydrogen-bond donors (Lipinski definition) is 3. The molecule has 8 heteroatoms. The Bertz CT molecular complexity index is 836. The molecule has 0 spiro atoms. The third kappa shape index (κ3) is 6.95. The fraction of sp³-hybridized carbons (Fsp3) is 0.750. The van der Waals surface area contributed by atoms with Crippen molar-refractivity contribution in [2.75, 3.05) is 33.9 Å². The number of halogens is 2. The Kier molecular flexibility index (Phi) is 10.9. The summed E-state index contributed by atoms with van der Waals surface area (Å²) in [6, 6.07) is 2.91. The van der Waals surface area contributed by atoms with Crippen LogP contribution in [0.25, 0.3) is 0 Å². The molecule has 36 heavy (non-hydrogen) atoms. The molecule has 1 saturated heterocycles. The number of methoxy groups -OCH3 is 1. The van der Waals surface area contributed by atoms with Crippen LogP contribution in [0.1, 0.15) is 76.2 Å². The Hall–Kier alpha value is -1.77. The number of carbonyl (C=O) groups is 1. The number of unbranched alkanes of at least 4 members (excludes halogenated alkanes) is 1. The van der Waals surface area contributed by atoms with Gasteiger partial charge in [-0.15, -0.1) is 0 Å². The van der Waals surface area contributed by atoms with Gasteiger partial charge in [-0.25, -0.2) is 13.6 Å². The third-order valence-corrected chi connectivity index (χ3v) is 8.47. The topological polar surface area (TPSA) is 87.8 Å². The molecular formula is C28H45F2N3O3. The number of nitrogens with zero attached hydrogens (tertiary/aromatic N) is 1. The van der Waals surface area contributed by atoms with E-state index in [2.05, 4.69) is 5.32 Å². The molecular weight excluding hydrogens is 464 g/mol. The van der Waals surface area contributed by atoms with E-state index in [0.717, 1.165) is 25.0 Å². The Morgan fingerprint density at radius 3 is 2.58 bits per heavy atom. The van der Waals surface area contributed by atoms with Gasteiger partial charge in [-0.3, -0.25) is 0 Å². The van der Waals surface area contributed by atoms with Crippen LogP contribution in [0.15, 0.2) is 18.2 Å². The van der Waals surface area contributed by atoms with E-state index in [1.165, 1.54) is 38.2 Å². The average molecular weight is 510 g/mol. The minimum Gasteiger partial charge on any atom is -0.385 e. The van der Waals surface area contributed by atoms with Gasteiger partial charge in [0.1, 0.15) is 0 Å². The van der Waals surface area contributed by atoms with Crippen molar-refractivity contribution in [1.82, 2.24) is 10.2 Å². The van der Waals surface area contributed by atoms with E-state index in [9.17, 15) is 18.7 Å². The van der Waals surface area contributed by atoms with Crippen molar-refractivity contribution in [3.8, 4) is 0 Å². The SMILES string of the molecule is CNC[C@H](CC1CCCCC1)C1C([C@@](O)(CCCCOC)c2ccc(F)c(F)c2)CCCN1C(N)=O. The minimum absolute atomic E-state index is 0.0895. The zero-order valence-corrected chi connectivity index (χ0v) is 22.0. The third-order valence-electron chi connectivity index (χ3n) is 8.47. The van der Waals surface area contributed by atoms with Gasteiger partial charge in [-0.05, 0) is 81.6 Å². The molecule has 2 aliphatic rings. The van der Waals surface area contributed by atoms with E-state index in [1.54, 1.807) is 12.0 Å². The van der Waals surface area contributed by atoms with Crippen LogP contribution in [0, 0.1) is 29.4 Å². The van der Waals surface area contributed by atoms with Gasteiger partial charge in [0, 0.05) is 32.2 Å². The number of aliphatic hydroxyl groups is 1. The van der Waals surface area contributed by atoms with Gasteiger partial charge in [-0.1, -0.05) is 38.2 Å². The second kappa shape index (κ2) is 13.7. The highest BCUT2D eigenvalue weighted by Gasteiger charge is 2.49. The van der Waals surface area contributed by atoms with Gasteiger partial charge < -0.3 is 25.8 Å². The van der Waals surface area contributed by atoms with Gasteiger partial charge in [-0.2, -0.15) is 0 Å². The Balaban J connectivity index is 2.02. The number of primary amides is 1. The summed E-state index contributed by atoms with van der Waals surface area (Å²) < 4.78 is 33.5. The number of nitrogens with one attached hydrogen (secondary N) is 1. The highest BCUT2D eigenvalue weighted by Crippen LogP contribution is 2.46. The number of likely N-dealkylation sites (tertiary alicyclic amines) is 1. The second-order valence-electron chi connectivity index (χ2n) is 10.8. The molecule has 2 unspecified atom stereocenters.